The van der Waals surface area contributed by atoms with E-state index in [1.807, 2.05) is 37.3 Å². The molecule has 0 radical (unpaired) electrons. The molecule has 0 aliphatic rings. The molecule has 1 rings (SSSR count). The second kappa shape index (κ2) is 7.13. The molecule has 2 atom stereocenters. The highest BCUT2D eigenvalue weighted by Crippen LogP contribution is 2.15. The zero-order valence-corrected chi connectivity index (χ0v) is 11.4. The third-order valence-corrected chi connectivity index (χ3v) is 3.11. The highest BCUT2D eigenvalue weighted by atomic mass is 16.7. The number of methoxy groups -OCH3 is 1. The molecule has 1 amide bonds. The summed E-state index contributed by atoms with van der Waals surface area (Å²) in [4.78, 5) is 16.9. The molecule has 4 nitrogen and oxygen atoms in total. The average Bonchev–Trinajstić information content (AvgIpc) is 2.43. The fourth-order valence-electron chi connectivity index (χ4n) is 1.85. The number of carbonyl (C=O) groups is 1. The lowest BCUT2D eigenvalue weighted by Gasteiger charge is -2.25. The number of rotatable bonds is 6. The van der Waals surface area contributed by atoms with Crippen LogP contribution in [0.1, 0.15) is 12.5 Å². The van der Waals surface area contributed by atoms with Crippen molar-refractivity contribution in [1.29, 1.82) is 0 Å². The van der Waals surface area contributed by atoms with Gasteiger partial charge in [0.1, 0.15) is 0 Å². The molecule has 1 aromatic rings. The summed E-state index contributed by atoms with van der Waals surface area (Å²) in [5, 5.41) is 1.24. The van der Waals surface area contributed by atoms with Crippen LogP contribution < -0.4 is 0 Å². The van der Waals surface area contributed by atoms with Crippen molar-refractivity contribution < 1.29 is 14.4 Å². The van der Waals surface area contributed by atoms with Crippen LogP contribution in [-0.4, -0.2) is 38.3 Å². The molecule has 1 aromatic carbocycles. The number of carbonyl (C=O) groups excluding carboxylic acids is 1. The van der Waals surface area contributed by atoms with Crippen LogP contribution in [0.25, 0.3) is 0 Å². The first-order chi connectivity index (χ1) is 8.60. The van der Waals surface area contributed by atoms with Gasteiger partial charge in [-0.1, -0.05) is 37.3 Å². The van der Waals surface area contributed by atoms with E-state index in [9.17, 15) is 4.79 Å². The Morgan fingerprint density at radius 3 is 2.39 bits per heavy atom. The fourth-order valence-corrected chi connectivity index (χ4v) is 1.85. The monoisotopic (exact) mass is 251 g/mol. The summed E-state index contributed by atoms with van der Waals surface area (Å²) in [5.41, 5.74) is 1.16. The topological polar surface area (TPSA) is 38.8 Å². The van der Waals surface area contributed by atoms with Crippen LogP contribution in [-0.2, 0) is 20.8 Å². The van der Waals surface area contributed by atoms with Gasteiger partial charge in [-0.25, -0.2) is 5.06 Å². The van der Waals surface area contributed by atoms with Crippen LogP contribution >= 0.6 is 0 Å². The summed E-state index contributed by atoms with van der Waals surface area (Å²) < 4.78 is 5.43. The predicted octanol–water partition coefficient (Wildman–Crippen LogP) is 1.90. The van der Waals surface area contributed by atoms with Gasteiger partial charge in [-0.05, 0) is 12.0 Å². The quantitative estimate of drug-likeness (QED) is 0.725. The number of hydrogen-bond donors (Lipinski definition) is 0. The number of nitrogens with zero attached hydrogens (tertiary/aromatic N) is 1. The summed E-state index contributed by atoms with van der Waals surface area (Å²) >= 11 is 0. The van der Waals surface area contributed by atoms with Gasteiger partial charge >= 0.3 is 0 Å². The van der Waals surface area contributed by atoms with E-state index in [0.717, 1.165) is 5.56 Å². The van der Waals surface area contributed by atoms with E-state index in [0.29, 0.717) is 6.42 Å². The van der Waals surface area contributed by atoms with Crippen molar-refractivity contribution in [3.63, 3.8) is 0 Å². The molecule has 0 aliphatic heterocycles. The molecule has 0 aromatic heterocycles. The maximum absolute atomic E-state index is 12.0. The molecule has 18 heavy (non-hydrogen) atoms. The van der Waals surface area contributed by atoms with Crippen molar-refractivity contribution >= 4 is 5.91 Å². The zero-order chi connectivity index (χ0) is 13.5. The van der Waals surface area contributed by atoms with E-state index in [1.165, 1.54) is 12.2 Å². The smallest absolute Gasteiger partial charge is 0.251 e. The van der Waals surface area contributed by atoms with Crippen LogP contribution in [0, 0.1) is 5.92 Å². The molecule has 0 fully saturated rings. The number of hydroxylamine groups is 2. The Bertz CT molecular complexity index is 367. The van der Waals surface area contributed by atoms with Crippen LogP contribution in [0.15, 0.2) is 30.3 Å². The molecule has 0 N–H and O–H groups in total. The molecule has 4 heteroatoms. The van der Waals surface area contributed by atoms with E-state index in [1.54, 1.807) is 14.2 Å². The Labute approximate surface area is 108 Å². The lowest BCUT2D eigenvalue weighted by Crippen LogP contribution is -2.38. The summed E-state index contributed by atoms with van der Waals surface area (Å²) in [7, 11) is 4.71. The van der Waals surface area contributed by atoms with E-state index in [2.05, 4.69) is 0 Å². The van der Waals surface area contributed by atoms with Gasteiger partial charge in [-0.3, -0.25) is 9.63 Å². The lowest BCUT2D eigenvalue weighted by molar-refractivity contribution is -0.176. The first kappa shape index (κ1) is 14.7. The maximum Gasteiger partial charge on any atom is 0.251 e. The summed E-state index contributed by atoms with van der Waals surface area (Å²) in [6.07, 6.45) is 0.555. The molecule has 0 aliphatic carbocycles. The van der Waals surface area contributed by atoms with Crippen molar-refractivity contribution in [1.82, 2.24) is 5.06 Å². The van der Waals surface area contributed by atoms with E-state index in [-0.39, 0.29) is 17.9 Å². The lowest BCUT2D eigenvalue weighted by atomic mass is 9.96. The van der Waals surface area contributed by atoms with Crippen LogP contribution in [0.2, 0.25) is 0 Å². The second-order valence-electron chi connectivity index (χ2n) is 4.27. The number of amides is 1. The first-order valence-corrected chi connectivity index (χ1v) is 5.98. The van der Waals surface area contributed by atoms with Gasteiger partial charge in [-0.2, -0.15) is 0 Å². The molecule has 0 heterocycles. The highest BCUT2D eigenvalue weighted by molar-refractivity contribution is 5.77. The van der Waals surface area contributed by atoms with Crippen LogP contribution in [0.5, 0.6) is 0 Å². The molecular formula is C14H21NO3. The second-order valence-corrected chi connectivity index (χ2v) is 4.27. The van der Waals surface area contributed by atoms with E-state index in [4.69, 9.17) is 9.57 Å². The van der Waals surface area contributed by atoms with E-state index < -0.39 is 0 Å². The van der Waals surface area contributed by atoms with Gasteiger partial charge in [0.15, 0.2) is 0 Å². The van der Waals surface area contributed by atoms with E-state index >= 15 is 0 Å². The van der Waals surface area contributed by atoms with Gasteiger partial charge in [0.25, 0.3) is 5.91 Å². The minimum absolute atomic E-state index is 0.0831. The predicted molar refractivity (Wildman–Crippen MR) is 69.9 cm³/mol. The molecule has 0 unspecified atom stereocenters. The summed E-state index contributed by atoms with van der Waals surface area (Å²) in [6.45, 7) is 1.86. The largest absolute Gasteiger partial charge is 0.380 e. The molecule has 0 saturated heterocycles. The number of hydrogen-bond acceptors (Lipinski definition) is 3. The Morgan fingerprint density at radius 2 is 1.89 bits per heavy atom. The summed E-state index contributed by atoms with van der Waals surface area (Å²) in [6, 6.07) is 10.00. The van der Waals surface area contributed by atoms with Gasteiger partial charge in [0.05, 0.1) is 19.1 Å². The fraction of sp³-hybridized carbons (Fsp3) is 0.500. The van der Waals surface area contributed by atoms with Gasteiger partial charge in [0.2, 0.25) is 0 Å². The highest BCUT2D eigenvalue weighted by Gasteiger charge is 2.26. The normalized spacial score (nSPS) is 14.0. The van der Waals surface area contributed by atoms with Crippen molar-refractivity contribution in [2.24, 2.45) is 5.92 Å². The van der Waals surface area contributed by atoms with Gasteiger partial charge in [0, 0.05) is 14.2 Å². The van der Waals surface area contributed by atoms with Crippen molar-refractivity contribution in [2.45, 2.75) is 19.4 Å². The average molecular weight is 251 g/mol. The Hall–Kier alpha value is -1.39. The molecule has 100 valence electrons. The Kier molecular flexibility index (Phi) is 5.82. The molecule has 0 saturated carbocycles. The molecule has 0 spiro atoms. The molecule has 0 bridgehead atoms. The Morgan fingerprint density at radius 1 is 1.28 bits per heavy atom. The van der Waals surface area contributed by atoms with Crippen molar-refractivity contribution in [2.75, 3.05) is 21.3 Å². The third-order valence-electron chi connectivity index (χ3n) is 3.11. The third kappa shape index (κ3) is 3.82. The first-order valence-electron chi connectivity index (χ1n) is 5.98. The summed E-state index contributed by atoms with van der Waals surface area (Å²) in [5.74, 6) is -0.333. The van der Waals surface area contributed by atoms with Crippen LogP contribution in [0.4, 0.5) is 0 Å². The van der Waals surface area contributed by atoms with Crippen molar-refractivity contribution in [3.05, 3.63) is 35.9 Å². The van der Waals surface area contributed by atoms with Gasteiger partial charge in [-0.15, -0.1) is 0 Å². The standard InChI is InChI=1S/C14H21NO3/c1-11(14(16)15(2)18-4)13(17-3)10-12-8-6-5-7-9-12/h5-9,11,13H,10H2,1-4H3/t11-,13+/m1/s1. The SMILES string of the molecule is CO[C@@H](Cc1ccccc1)[C@@H](C)C(=O)N(C)OC. The zero-order valence-electron chi connectivity index (χ0n) is 11.4. The minimum Gasteiger partial charge on any atom is -0.380 e. The molecular weight excluding hydrogens is 230 g/mol. The van der Waals surface area contributed by atoms with Crippen LogP contribution in [0.3, 0.4) is 0 Å². The maximum atomic E-state index is 12.0. The number of benzene rings is 1. The number of ether oxygens (including phenoxy) is 1. The van der Waals surface area contributed by atoms with Crippen molar-refractivity contribution in [3.8, 4) is 0 Å². The minimum atomic E-state index is -0.250. The van der Waals surface area contributed by atoms with Gasteiger partial charge < -0.3 is 4.74 Å². The Balaban J connectivity index is 2.69.